The van der Waals surface area contributed by atoms with Gasteiger partial charge in [-0.1, -0.05) is 13.8 Å². The van der Waals surface area contributed by atoms with Crippen molar-refractivity contribution in [1.82, 2.24) is 4.72 Å². The molecule has 142 valence electrons. The third-order valence-corrected chi connectivity index (χ3v) is 8.23. The first kappa shape index (κ1) is 18.0. The van der Waals surface area contributed by atoms with E-state index >= 15 is 0 Å². The minimum absolute atomic E-state index is 0.114. The number of carbonyl (C=O) groups is 1. The average molecular weight is 377 g/mol. The van der Waals surface area contributed by atoms with Gasteiger partial charge in [0.05, 0.1) is 10.3 Å². The summed E-state index contributed by atoms with van der Waals surface area (Å²) in [4.78, 5) is 13.4. The number of rotatable bonds is 4. The lowest BCUT2D eigenvalue weighted by Crippen LogP contribution is -2.58. The van der Waals surface area contributed by atoms with Crippen molar-refractivity contribution in [3.8, 4) is 0 Å². The number of amides is 1. The third kappa shape index (κ3) is 2.87. The van der Waals surface area contributed by atoms with Crippen molar-refractivity contribution in [2.75, 3.05) is 12.4 Å². The molecule has 0 aromatic heterocycles. The molecule has 0 spiro atoms. The molecular formula is C20H28N2O3S. The van der Waals surface area contributed by atoms with Gasteiger partial charge in [0.2, 0.25) is 15.9 Å². The monoisotopic (exact) mass is 376 g/mol. The first-order valence-corrected chi connectivity index (χ1v) is 10.9. The van der Waals surface area contributed by atoms with Gasteiger partial charge in [-0.15, -0.1) is 0 Å². The van der Waals surface area contributed by atoms with Crippen LogP contribution in [-0.4, -0.2) is 21.4 Å². The van der Waals surface area contributed by atoms with Crippen LogP contribution in [-0.2, 0) is 14.8 Å². The molecule has 0 aliphatic heterocycles. The van der Waals surface area contributed by atoms with Crippen LogP contribution in [0.3, 0.4) is 0 Å². The lowest BCUT2D eigenvalue weighted by Gasteiger charge is -2.64. The number of hydrogen-bond acceptors (Lipinski definition) is 3. The van der Waals surface area contributed by atoms with Crippen molar-refractivity contribution in [1.29, 1.82) is 0 Å². The lowest BCUT2D eigenvalue weighted by molar-refractivity contribution is -0.165. The molecule has 1 aromatic carbocycles. The highest BCUT2D eigenvalue weighted by atomic mass is 32.2. The number of nitrogens with one attached hydrogen (secondary N) is 2. The molecule has 2 N–H and O–H groups in total. The zero-order valence-electron chi connectivity index (χ0n) is 15.8. The second-order valence-corrected chi connectivity index (χ2v) is 11.5. The Labute approximate surface area is 156 Å². The summed E-state index contributed by atoms with van der Waals surface area (Å²) in [5.41, 5.74) is 0.974. The maximum absolute atomic E-state index is 13.2. The van der Waals surface area contributed by atoms with Crippen molar-refractivity contribution in [3.63, 3.8) is 0 Å². The summed E-state index contributed by atoms with van der Waals surface area (Å²) in [6, 6.07) is 6.41. The molecule has 26 heavy (non-hydrogen) atoms. The fraction of sp³-hybridized carbons (Fsp3) is 0.650. The first-order valence-electron chi connectivity index (χ1n) is 9.42. The molecule has 1 amide bonds. The molecule has 0 radical (unpaired) electrons. The Morgan fingerprint density at radius 2 is 1.58 bits per heavy atom. The van der Waals surface area contributed by atoms with Crippen LogP contribution in [0.5, 0.6) is 0 Å². The summed E-state index contributed by atoms with van der Waals surface area (Å²) < 4.78 is 26.0. The van der Waals surface area contributed by atoms with Gasteiger partial charge >= 0.3 is 0 Å². The largest absolute Gasteiger partial charge is 0.326 e. The average Bonchev–Trinajstić information content (AvgIpc) is 2.52. The minimum Gasteiger partial charge on any atom is -0.326 e. The molecule has 0 saturated heterocycles. The molecule has 4 atom stereocenters. The van der Waals surface area contributed by atoms with Crippen LogP contribution in [0.15, 0.2) is 29.2 Å². The van der Waals surface area contributed by atoms with Crippen LogP contribution in [0.25, 0.3) is 0 Å². The Hall–Kier alpha value is -1.40. The van der Waals surface area contributed by atoms with Crippen molar-refractivity contribution in [2.45, 2.75) is 57.3 Å². The maximum Gasteiger partial charge on any atom is 0.240 e. The number of sulfonamides is 1. The molecule has 4 saturated carbocycles. The second kappa shape index (κ2) is 5.55. The zero-order valence-corrected chi connectivity index (χ0v) is 16.6. The summed E-state index contributed by atoms with van der Waals surface area (Å²) in [6.45, 7) is 4.71. The third-order valence-electron chi connectivity index (χ3n) is 6.80. The van der Waals surface area contributed by atoms with Crippen LogP contribution >= 0.6 is 0 Å². The van der Waals surface area contributed by atoms with Crippen LogP contribution < -0.4 is 10.0 Å². The quantitative estimate of drug-likeness (QED) is 0.844. The number of benzene rings is 1. The molecule has 6 heteroatoms. The van der Waals surface area contributed by atoms with Gasteiger partial charge < -0.3 is 5.32 Å². The Morgan fingerprint density at radius 3 is 2.08 bits per heavy atom. The Balaban J connectivity index is 1.55. The molecule has 1 aromatic rings. The second-order valence-electron chi connectivity index (χ2n) is 9.60. The number of carbonyl (C=O) groups excluding carboxylic acids is 1. The standard InChI is InChI=1S/C20H28N2O3S/c1-18-8-14-9-19(2,11-18)13-20(10-14,12-18)17(23)22-15-4-6-16(7-5-15)26(24,25)21-3/h4-7,14,21H,8-13H2,1-3H3,(H,22,23)/t14?,18-,19+,20?. The van der Waals surface area contributed by atoms with Gasteiger partial charge in [0.1, 0.15) is 0 Å². The van der Waals surface area contributed by atoms with Crippen molar-refractivity contribution in [3.05, 3.63) is 24.3 Å². The van der Waals surface area contributed by atoms with Gasteiger partial charge in [-0.2, -0.15) is 0 Å². The van der Waals surface area contributed by atoms with Crippen LogP contribution in [0.4, 0.5) is 5.69 Å². The molecule has 4 aliphatic rings. The molecule has 2 unspecified atom stereocenters. The molecule has 4 fully saturated rings. The number of hydrogen-bond donors (Lipinski definition) is 2. The molecular weight excluding hydrogens is 348 g/mol. The summed E-state index contributed by atoms with van der Waals surface area (Å²) in [6.07, 6.45) is 6.70. The lowest BCUT2D eigenvalue weighted by atomic mass is 9.40. The van der Waals surface area contributed by atoms with Gasteiger partial charge in [0, 0.05) is 5.69 Å². The first-order chi connectivity index (χ1) is 12.1. The zero-order chi connectivity index (χ0) is 18.8. The van der Waals surface area contributed by atoms with Crippen molar-refractivity contribution in [2.24, 2.45) is 22.2 Å². The van der Waals surface area contributed by atoms with E-state index in [0.717, 1.165) is 19.3 Å². The topological polar surface area (TPSA) is 75.3 Å². The smallest absolute Gasteiger partial charge is 0.240 e. The Bertz CT molecular complexity index is 828. The van der Waals surface area contributed by atoms with E-state index in [0.29, 0.717) is 11.6 Å². The maximum atomic E-state index is 13.2. The van der Waals surface area contributed by atoms with E-state index in [1.807, 2.05) is 0 Å². The van der Waals surface area contributed by atoms with E-state index < -0.39 is 10.0 Å². The number of anilines is 1. The molecule has 4 aliphatic carbocycles. The van der Waals surface area contributed by atoms with E-state index in [1.54, 1.807) is 12.1 Å². The van der Waals surface area contributed by atoms with E-state index in [1.165, 1.54) is 38.4 Å². The van der Waals surface area contributed by atoms with Crippen LogP contribution in [0, 0.1) is 22.2 Å². The predicted octanol–water partition coefficient (Wildman–Crippen LogP) is 3.53. The van der Waals surface area contributed by atoms with E-state index in [4.69, 9.17) is 0 Å². The fourth-order valence-electron chi connectivity index (χ4n) is 6.80. The van der Waals surface area contributed by atoms with Crippen LogP contribution in [0.2, 0.25) is 0 Å². The van der Waals surface area contributed by atoms with Crippen LogP contribution in [0.1, 0.15) is 52.4 Å². The van der Waals surface area contributed by atoms with Crippen molar-refractivity contribution >= 4 is 21.6 Å². The van der Waals surface area contributed by atoms with Gasteiger partial charge in [-0.05, 0) is 86.6 Å². The summed E-state index contributed by atoms with van der Waals surface area (Å²) in [5, 5.41) is 3.08. The van der Waals surface area contributed by atoms with Gasteiger partial charge in [-0.25, -0.2) is 13.1 Å². The van der Waals surface area contributed by atoms with E-state index in [-0.39, 0.29) is 27.0 Å². The summed E-state index contributed by atoms with van der Waals surface area (Å²) in [7, 11) is -2.07. The van der Waals surface area contributed by atoms with E-state index in [2.05, 4.69) is 23.9 Å². The Kier molecular flexibility index (Phi) is 3.84. The normalized spacial score (nSPS) is 38.3. The molecule has 5 nitrogen and oxygen atoms in total. The molecule has 4 bridgehead atoms. The highest BCUT2D eigenvalue weighted by Crippen LogP contribution is 2.69. The van der Waals surface area contributed by atoms with E-state index in [9.17, 15) is 13.2 Å². The predicted molar refractivity (Wildman–Crippen MR) is 101 cm³/mol. The molecule has 0 heterocycles. The Morgan fingerprint density at radius 1 is 1.00 bits per heavy atom. The summed E-state index contributed by atoms with van der Waals surface area (Å²) >= 11 is 0. The summed E-state index contributed by atoms with van der Waals surface area (Å²) in [5.74, 6) is 0.776. The van der Waals surface area contributed by atoms with Gasteiger partial charge in [0.15, 0.2) is 0 Å². The SMILES string of the molecule is CNS(=O)(=O)c1ccc(NC(=O)C23CC4C[C@@](C)(C2)C[C@](C)(C4)C3)cc1. The minimum atomic E-state index is -3.46. The highest BCUT2D eigenvalue weighted by molar-refractivity contribution is 7.89. The highest BCUT2D eigenvalue weighted by Gasteiger charge is 2.62. The van der Waals surface area contributed by atoms with Crippen molar-refractivity contribution < 1.29 is 13.2 Å². The van der Waals surface area contributed by atoms with Gasteiger partial charge in [0.25, 0.3) is 0 Å². The van der Waals surface area contributed by atoms with Gasteiger partial charge in [-0.3, -0.25) is 4.79 Å². The molecule has 5 rings (SSSR count). The fourth-order valence-corrected chi connectivity index (χ4v) is 7.53.